The maximum atomic E-state index is 14.3. The molecule has 41 heavy (non-hydrogen) atoms. The molecule has 1 aromatic carbocycles. The Labute approximate surface area is 235 Å². The number of ether oxygens (including phenoxy) is 3. The van der Waals surface area contributed by atoms with Gasteiger partial charge in [-0.2, -0.15) is 15.0 Å². The molecule has 2 aliphatic heterocycles. The van der Waals surface area contributed by atoms with Crippen molar-refractivity contribution in [2.75, 3.05) is 76.5 Å². The van der Waals surface area contributed by atoms with Gasteiger partial charge >= 0.3 is 0 Å². The molecule has 6 rings (SSSR count). The van der Waals surface area contributed by atoms with Crippen LogP contribution in [0.2, 0.25) is 0 Å². The number of methoxy groups -OCH3 is 1. The second-order valence-corrected chi connectivity index (χ2v) is 9.66. The van der Waals surface area contributed by atoms with Crippen LogP contribution < -0.4 is 15.0 Å². The topological polar surface area (TPSA) is 116 Å². The number of imidazole rings is 1. The van der Waals surface area contributed by atoms with Crippen LogP contribution >= 0.6 is 0 Å². The van der Waals surface area contributed by atoms with E-state index in [2.05, 4.69) is 35.1 Å². The van der Waals surface area contributed by atoms with Gasteiger partial charge in [-0.3, -0.25) is 14.5 Å². The fourth-order valence-electron chi connectivity index (χ4n) is 4.90. The number of fused-ring (bicyclic) bond motifs is 1. The van der Waals surface area contributed by atoms with Crippen molar-refractivity contribution in [3.05, 3.63) is 48.0 Å². The van der Waals surface area contributed by atoms with Gasteiger partial charge in [0.05, 0.1) is 50.9 Å². The molecule has 0 bridgehead atoms. The van der Waals surface area contributed by atoms with Crippen LogP contribution in [0.5, 0.6) is 5.75 Å². The van der Waals surface area contributed by atoms with Gasteiger partial charge in [-0.05, 0) is 24.3 Å². The number of rotatable bonds is 9. The third-order valence-electron chi connectivity index (χ3n) is 7.06. The van der Waals surface area contributed by atoms with Gasteiger partial charge in [0.25, 0.3) is 6.43 Å². The number of anilines is 3. The number of nitrogens with one attached hydrogen (secondary N) is 1. The molecular weight excluding hydrogens is 536 g/mol. The minimum absolute atomic E-state index is 0.0186. The minimum atomic E-state index is -2.87. The lowest BCUT2D eigenvalue weighted by Gasteiger charge is -2.27. The fourth-order valence-corrected chi connectivity index (χ4v) is 4.90. The number of nitrogens with zero attached hydrogens (tertiary/aromatic N) is 8. The van der Waals surface area contributed by atoms with E-state index < -0.39 is 12.2 Å². The summed E-state index contributed by atoms with van der Waals surface area (Å²) >= 11 is 0. The number of alkyl halides is 2. The molecular formula is C27H31F2N9O3. The Morgan fingerprint density at radius 1 is 0.927 bits per heavy atom. The number of morpholine rings is 2. The Morgan fingerprint density at radius 2 is 1.68 bits per heavy atom. The number of para-hydroxylation sites is 1. The normalized spacial score (nSPS) is 16.4. The highest BCUT2D eigenvalue weighted by atomic mass is 19.3. The summed E-state index contributed by atoms with van der Waals surface area (Å²) in [7, 11) is 1.47. The molecule has 1 N–H and O–H groups in total. The zero-order valence-corrected chi connectivity index (χ0v) is 22.7. The van der Waals surface area contributed by atoms with E-state index in [9.17, 15) is 8.78 Å². The van der Waals surface area contributed by atoms with E-state index in [1.54, 1.807) is 24.4 Å². The smallest absolute Gasteiger partial charge is 0.296 e. The molecule has 5 heterocycles. The molecule has 0 amide bonds. The zero-order chi connectivity index (χ0) is 28.2. The molecule has 14 heteroatoms. The fraction of sp³-hybridized carbons (Fsp3) is 0.444. The summed E-state index contributed by atoms with van der Waals surface area (Å²) in [6, 6.07) is 8.93. The van der Waals surface area contributed by atoms with Gasteiger partial charge in [0.2, 0.25) is 17.8 Å². The van der Waals surface area contributed by atoms with Gasteiger partial charge in [0.1, 0.15) is 11.3 Å². The maximum absolute atomic E-state index is 14.3. The largest absolute Gasteiger partial charge is 0.494 e. The number of hydrogen-bond donors (Lipinski definition) is 1. The molecule has 2 aliphatic rings. The Bertz CT molecular complexity index is 1470. The van der Waals surface area contributed by atoms with Crippen molar-refractivity contribution in [2.45, 2.75) is 12.8 Å². The van der Waals surface area contributed by atoms with Gasteiger partial charge in [0, 0.05) is 44.8 Å². The second kappa shape index (κ2) is 12.2. The number of aromatic nitrogens is 6. The molecule has 216 valence electrons. The zero-order valence-electron chi connectivity index (χ0n) is 22.7. The van der Waals surface area contributed by atoms with Crippen molar-refractivity contribution in [3.8, 4) is 11.7 Å². The Hall–Kier alpha value is -4.01. The Kier molecular flexibility index (Phi) is 8.11. The lowest BCUT2D eigenvalue weighted by molar-refractivity contribution is 0.0383. The molecule has 0 atom stereocenters. The van der Waals surface area contributed by atoms with Crippen molar-refractivity contribution in [1.29, 1.82) is 0 Å². The molecule has 4 aromatic rings. The quantitative estimate of drug-likeness (QED) is 0.322. The number of pyridine rings is 1. The summed E-state index contributed by atoms with van der Waals surface area (Å²) in [6.45, 7) is 6.43. The van der Waals surface area contributed by atoms with E-state index in [4.69, 9.17) is 14.2 Å². The average Bonchev–Trinajstić information content (AvgIpc) is 3.42. The van der Waals surface area contributed by atoms with Crippen LogP contribution in [0, 0.1) is 0 Å². The highest BCUT2D eigenvalue weighted by Crippen LogP contribution is 2.32. The van der Waals surface area contributed by atoms with E-state index in [-0.39, 0.29) is 11.9 Å². The van der Waals surface area contributed by atoms with Crippen LogP contribution in [0.1, 0.15) is 17.9 Å². The first-order chi connectivity index (χ1) is 20.1. The van der Waals surface area contributed by atoms with E-state index in [1.807, 2.05) is 17.0 Å². The number of benzene rings is 1. The number of halogens is 2. The molecule has 0 saturated carbocycles. The lowest BCUT2D eigenvalue weighted by Crippen LogP contribution is -2.37. The summed E-state index contributed by atoms with van der Waals surface area (Å²) < 4.78 is 46.0. The highest BCUT2D eigenvalue weighted by molar-refractivity contribution is 5.84. The average molecular weight is 568 g/mol. The minimum Gasteiger partial charge on any atom is -0.494 e. The SMILES string of the molecule is COc1cccc2c1nc(C(F)F)n2-c1nc(Nc2ccc(CCN3CCOCC3)nc2)nc(N2CCOCC2)n1. The first kappa shape index (κ1) is 27.2. The maximum Gasteiger partial charge on any atom is 0.296 e. The standard InChI is InChI=1S/C27H31F2N9O3/c1-39-21-4-2-3-20-22(21)32-24(23(28)29)38(20)27-34-25(33-26(35-27)37-11-15-41-16-12-37)31-19-6-5-18(30-17-19)7-8-36-9-13-40-14-10-36/h2-6,17,23H,7-16H2,1H3,(H,31,33,34,35). The first-order valence-corrected chi connectivity index (χ1v) is 13.5. The van der Waals surface area contributed by atoms with Crippen molar-refractivity contribution in [3.63, 3.8) is 0 Å². The highest BCUT2D eigenvalue weighted by Gasteiger charge is 2.26. The third kappa shape index (κ3) is 6.04. The van der Waals surface area contributed by atoms with Crippen LogP contribution in [-0.2, 0) is 15.9 Å². The van der Waals surface area contributed by atoms with E-state index in [0.29, 0.717) is 54.7 Å². The van der Waals surface area contributed by atoms with Crippen molar-refractivity contribution >= 4 is 28.6 Å². The predicted octanol–water partition coefficient (Wildman–Crippen LogP) is 3.01. The van der Waals surface area contributed by atoms with Crippen LogP contribution in [-0.4, -0.2) is 101 Å². The molecule has 0 aliphatic carbocycles. The van der Waals surface area contributed by atoms with Crippen LogP contribution in [0.3, 0.4) is 0 Å². The van der Waals surface area contributed by atoms with Crippen molar-refractivity contribution < 1.29 is 23.0 Å². The molecule has 0 radical (unpaired) electrons. The Morgan fingerprint density at radius 3 is 2.39 bits per heavy atom. The Balaban J connectivity index is 1.32. The van der Waals surface area contributed by atoms with Crippen LogP contribution in [0.4, 0.5) is 26.4 Å². The van der Waals surface area contributed by atoms with Gasteiger partial charge in [-0.25, -0.2) is 13.8 Å². The molecule has 12 nitrogen and oxygen atoms in total. The van der Waals surface area contributed by atoms with Gasteiger partial charge in [-0.1, -0.05) is 6.07 Å². The third-order valence-corrected chi connectivity index (χ3v) is 7.06. The van der Waals surface area contributed by atoms with Crippen LogP contribution in [0.15, 0.2) is 36.5 Å². The monoisotopic (exact) mass is 567 g/mol. The second-order valence-electron chi connectivity index (χ2n) is 9.66. The van der Waals surface area contributed by atoms with E-state index in [0.717, 1.165) is 45.0 Å². The molecule has 0 spiro atoms. The van der Waals surface area contributed by atoms with Gasteiger partial charge in [0.15, 0.2) is 5.82 Å². The lowest BCUT2D eigenvalue weighted by atomic mass is 10.2. The van der Waals surface area contributed by atoms with Crippen molar-refractivity contribution in [1.82, 2.24) is 34.4 Å². The van der Waals surface area contributed by atoms with Crippen molar-refractivity contribution in [2.24, 2.45) is 0 Å². The summed E-state index contributed by atoms with van der Waals surface area (Å²) in [5.41, 5.74) is 2.32. The summed E-state index contributed by atoms with van der Waals surface area (Å²) in [6.07, 6.45) is -0.333. The summed E-state index contributed by atoms with van der Waals surface area (Å²) in [5.74, 6) is 0.458. The molecule has 0 unspecified atom stereocenters. The molecule has 2 fully saturated rings. The summed E-state index contributed by atoms with van der Waals surface area (Å²) in [5, 5.41) is 3.18. The van der Waals surface area contributed by atoms with E-state index in [1.165, 1.54) is 11.7 Å². The molecule has 3 aromatic heterocycles. The van der Waals surface area contributed by atoms with E-state index >= 15 is 0 Å². The summed E-state index contributed by atoms with van der Waals surface area (Å²) in [4.78, 5) is 26.8. The van der Waals surface area contributed by atoms with Gasteiger partial charge in [-0.15, -0.1) is 0 Å². The van der Waals surface area contributed by atoms with Gasteiger partial charge < -0.3 is 24.4 Å². The van der Waals surface area contributed by atoms with Crippen LogP contribution in [0.25, 0.3) is 17.0 Å². The first-order valence-electron chi connectivity index (χ1n) is 13.5. The number of hydrogen-bond acceptors (Lipinski definition) is 11. The predicted molar refractivity (Wildman–Crippen MR) is 147 cm³/mol. The molecule has 2 saturated heterocycles.